The number of hydrogen-bond acceptors (Lipinski definition) is 4. The van der Waals surface area contributed by atoms with Crippen LogP contribution in [0.15, 0.2) is 35.1 Å². The van der Waals surface area contributed by atoms with Crippen molar-refractivity contribution in [3.05, 3.63) is 47.7 Å². The van der Waals surface area contributed by atoms with Gasteiger partial charge in [0.25, 0.3) is 5.91 Å². The van der Waals surface area contributed by atoms with Gasteiger partial charge in [0.05, 0.1) is 5.69 Å². The van der Waals surface area contributed by atoms with E-state index in [-0.39, 0.29) is 11.9 Å². The molecule has 2 rings (SSSR count). The molecule has 5 heteroatoms. The second-order valence-corrected chi connectivity index (χ2v) is 5.04. The average molecular weight is 273 g/mol. The van der Waals surface area contributed by atoms with E-state index in [1.165, 1.54) is 6.39 Å². The van der Waals surface area contributed by atoms with E-state index in [0.717, 1.165) is 5.56 Å². The molecule has 0 atom stereocenters. The second-order valence-electron chi connectivity index (χ2n) is 5.04. The number of nitrogens with zero attached hydrogens (tertiary/aromatic N) is 2. The molecule has 0 fully saturated rings. The lowest BCUT2D eigenvalue weighted by atomic mass is 10.1. The molecule has 0 bridgehead atoms. The molecule has 2 N–H and O–H groups in total. The summed E-state index contributed by atoms with van der Waals surface area (Å²) >= 11 is 0. The van der Waals surface area contributed by atoms with E-state index in [9.17, 15) is 4.79 Å². The number of nitrogen functional groups attached to an aromatic ring is 1. The summed E-state index contributed by atoms with van der Waals surface area (Å²) in [5.74, 6) is 0.139. The molecular weight excluding hydrogens is 254 g/mol. The van der Waals surface area contributed by atoms with Crippen LogP contribution in [0.5, 0.6) is 0 Å². The highest BCUT2D eigenvalue weighted by Gasteiger charge is 2.23. The summed E-state index contributed by atoms with van der Waals surface area (Å²) in [6.07, 6.45) is 1.29. The highest BCUT2D eigenvalue weighted by Crippen LogP contribution is 2.16. The van der Waals surface area contributed by atoms with E-state index in [1.54, 1.807) is 11.8 Å². The first-order valence-corrected chi connectivity index (χ1v) is 6.54. The Balaban J connectivity index is 2.24. The quantitative estimate of drug-likeness (QED) is 0.869. The minimum Gasteiger partial charge on any atom is -0.438 e. The molecule has 0 saturated heterocycles. The molecule has 0 aliphatic carbocycles. The van der Waals surface area contributed by atoms with Crippen molar-refractivity contribution in [2.75, 3.05) is 5.73 Å². The van der Waals surface area contributed by atoms with E-state index in [0.29, 0.717) is 23.7 Å². The standard InChI is InChI=1S/C15H19N3O2/c1-10(2)18(8-12-5-4-6-13(16)7-12)15(19)14-11(3)17-9-20-14/h4-7,9-10H,8,16H2,1-3H3. The average Bonchev–Trinajstić information content (AvgIpc) is 2.81. The number of oxazole rings is 1. The summed E-state index contributed by atoms with van der Waals surface area (Å²) in [5, 5.41) is 0. The Bertz CT molecular complexity index is 605. The summed E-state index contributed by atoms with van der Waals surface area (Å²) < 4.78 is 5.19. The Morgan fingerprint density at radius 2 is 2.20 bits per heavy atom. The van der Waals surface area contributed by atoms with Crippen LogP contribution in [-0.2, 0) is 6.54 Å². The molecule has 20 heavy (non-hydrogen) atoms. The fourth-order valence-corrected chi connectivity index (χ4v) is 2.01. The summed E-state index contributed by atoms with van der Waals surface area (Å²) in [4.78, 5) is 18.2. The number of rotatable bonds is 4. The zero-order chi connectivity index (χ0) is 14.7. The van der Waals surface area contributed by atoms with Crippen LogP contribution in [0, 0.1) is 6.92 Å². The lowest BCUT2D eigenvalue weighted by Crippen LogP contribution is -2.36. The smallest absolute Gasteiger partial charge is 0.292 e. The lowest BCUT2D eigenvalue weighted by Gasteiger charge is -2.26. The van der Waals surface area contributed by atoms with E-state index >= 15 is 0 Å². The van der Waals surface area contributed by atoms with Gasteiger partial charge in [0, 0.05) is 18.3 Å². The number of amides is 1. The fourth-order valence-electron chi connectivity index (χ4n) is 2.01. The largest absolute Gasteiger partial charge is 0.438 e. The van der Waals surface area contributed by atoms with Crippen LogP contribution >= 0.6 is 0 Å². The van der Waals surface area contributed by atoms with Crippen molar-refractivity contribution >= 4 is 11.6 Å². The van der Waals surface area contributed by atoms with Crippen molar-refractivity contribution in [2.45, 2.75) is 33.4 Å². The van der Waals surface area contributed by atoms with Crippen LogP contribution in [0.2, 0.25) is 0 Å². The van der Waals surface area contributed by atoms with Gasteiger partial charge >= 0.3 is 0 Å². The minimum atomic E-state index is -0.155. The van der Waals surface area contributed by atoms with Gasteiger partial charge in [0.15, 0.2) is 6.39 Å². The maximum atomic E-state index is 12.5. The maximum absolute atomic E-state index is 12.5. The Labute approximate surface area is 118 Å². The zero-order valence-corrected chi connectivity index (χ0v) is 12.0. The first-order chi connectivity index (χ1) is 9.49. The topological polar surface area (TPSA) is 72.4 Å². The number of aryl methyl sites for hydroxylation is 1. The molecule has 0 aliphatic heterocycles. The van der Waals surface area contributed by atoms with Crippen LogP contribution < -0.4 is 5.73 Å². The third-order valence-corrected chi connectivity index (χ3v) is 3.13. The summed E-state index contributed by atoms with van der Waals surface area (Å²) in [7, 11) is 0. The first-order valence-electron chi connectivity index (χ1n) is 6.54. The van der Waals surface area contributed by atoms with Crippen molar-refractivity contribution in [3.63, 3.8) is 0 Å². The number of hydrogen-bond donors (Lipinski definition) is 1. The van der Waals surface area contributed by atoms with Crippen molar-refractivity contribution in [2.24, 2.45) is 0 Å². The molecule has 0 radical (unpaired) electrons. The molecule has 5 nitrogen and oxygen atoms in total. The van der Waals surface area contributed by atoms with Crippen LogP contribution in [0.3, 0.4) is 0 Å². The van der Waals surface area contributed by atoms with Crippen LogP contribution in [-0.4, -0.2) is 21.8 Å². The van der Waals surface area contributed by atoms with Gasteiger partial charge in [-0.15, -0.1) is 0 Å². The van der Waals surface area contributed by atoms with Crippen molar-refractivity contribution in [1.29, 1.82) is 0 Å². The lowest BCUT2D eigenvalue weighted by molar-refractivity contribution is 0.0656. The molecule has 0 spiro atoms. The second kappa shape index (κ2) is 5.77. The van der Waals surface area contributed by atoms with Crippen molar-refractivity contribution in [1.82, 2.24) is 9.88 Å². The van der Waals surface area contributed by atoms with E-state index in [4.69, 9.17) is 10.2 Å². The number of nitrogens with two attached hydrogens (primary N) is 1. The molecule has 1 heterocycles. The molecule has 1 amide bonds. The monoisotopic (exact) mass is 273 g/mol. The van der Waals surface area contributed by atoms with Gasteiger partial charge < -0.3 is 15.1 Å². The molecule has 0 saturated carbocycles. The number of carbonyl (C=O) groups excluding carboxylic acids is 1. The Hall–Kier alpha value is -2.30. The predicted octanol–water partition coefficient (Wildman–Crippen LogP) is 2.62. The van der Waals surface area contributed by atoms with Gasteiger partial charge in [-0.1, -0.05) is 12.1 Å². The molecule has 1 aromatic heterocycles. The van der Waals surface area contributed by atoms with E-state index in [1.807, 2.05) is 38.1 Å². The molecule has 106 valence electrons. The first kappa shape index (κ1) is 14.1. The Morgan fingerprint density at radius 1 is 1.45 bits per heavy atom. The van der Waals surface area contributed by atoms with Gasteiger partial charge in [-0.25, -0.2) is 4.98 Å². The van der Waals surface area contributed by atoms with Crippen molar-refractivity contribution in [3.8, 4) is 0 Å². The third kappa shape index (κ3) is 2.99. The Morgan fingerprint density at radius 3 is 2.75 bits per heavy atom. The number of aromatic nitrogens is 1. The fraction of sp³-hybridized carbons (Fsp3) is 0.333. The number of benzene rings is 1. The van der Waals surface area contributed by atoms with Crippen molar-refractivity contribution < 1.29 is 9.21 Å². The summed E-state index contributed by atoms with van der Waals surface area (Å²) in [5.41, 5.74) is 8.06. The highest BCUT2D eigenvalue weighted by molar-refractivity contribution is 5.92. The predicted molar refractivity (Wildman–Crippen MR) is 77.1 cm³/mol. The number of carbonyl (C=O) groups is 1. The summed E-state index contributed by atoms with van der Waals surface area (Å²) in [6, 6.07) is 7.58. The zero-order valence-electron chi connectivity index (χ0n) is 12.0. The summed E-state index contributed by atoms with van der Waals surface area (Å²) in [6.45, 7) is 6.18. The SMILES string of the molecule is Cc1ncoc1C(=O)N(Cc1cccc(N)c1)C(C)C. The number of anilines is 1. The van der Waals surface area contributed by atoms with Gasteiger partial charge in [-0.05, 0) is 38.5 Å². The van der Waals surface area contributed by atoms with E-state index < -0.39 is 0 Å². The molecule has 2 aromatic rings. The Kier molecular flexibility index (Phi) is 4.08. The van der Waals surface area contributed by atoms with Gasteiger partial charge in [0.2, 0.25) is 5.76 Å². The molecule has 0 unspecified atom stereocenters. The van der Waals surface area contributed by atoms with Gasteiger partial charge in [-0.3, -0.25) is 4.79 Å². The van der Waals surface area contributed by atoms with Crippen LogP contribution in [0.25, 0.3) is 0 Å². The van der Waals surface area contributed by atoms with Gasteiger partial charge in [0.1, 0.15) is 0 Å². The van der Waals surface area contributed by atoms with Crippen LogP contribution in [0.4, 0.5) is 5.69 Å². The van der Waals surface area contributed by atoms with E-state index in [2.05, 4.69) is 4.98 Å². The molecule has 1 aromatic carbocycles. The molecular formula is C15H19N3O2. The van der Waals surface area contributed by atoms with Crippen LogP contribution in [0.1, 0.15) is 35.7 Å². The highest BCUT2D eigenvalue weighted by atomic mass is 16.3. The molecule has 0 aliphatic rings. The van der Waals surface area contributed by atoms with Gasteiger partial charge in [-0.2, -0.15) is 0 Å². The minimum absolute atomic E-state index is 0.0495. The third-order valence-electron chi connectivity index (χ3n) is 3.13. The maximum Gasteiger partial charge on any atom is 0.292 e. The normalized spacial score (nSPS) is 10.8.